The van der Waals surface area contributed by atoms with Gasteiger partial charge in [-0.15, -0.1) is 0 Å². The van der Waals surface area contributed by atoms with Gasteiger partial charge in [0.05, 0.1) is 0 Å². The Morgan fingerprint density at radius 2 is 2.00 bits per heavy atom. The Hall–Kier alpha value is -1.26. The minimum absolute atomic E-state index is 0.158. The number of piperidine rings is 1. The molecule has 1 aliphatic heterocycles. The van der Waals surface area contributed by atoms with Crippen LogP contribution in [0, 0.1) is 5.92 Å². The summed E-state index contributed by atoms with van der Waals surface area (Å²) in [5.41, 5.74) is 0. The largest absolute Gasteiger partial charge is 0.359 e. The van der Waals surface area contributed by atoms with E-state index in [1.807, 2.05) is 7.05 Å². The topological polar surface area (TPSA) is 56.7 Å². The van der Waals surface area contributed by atoms with E-state index in [-0.39, 0.29) is 5.91 Å². The molecule has 1 heterocycles. The van der Waals surface area contributed by atoms with Crippen molar-refractivity contribution < 1.29 is 4.79 Å². The normalized spacial score (nSPS) is 17.1. The van der Waals surface area contributed by atoms with Gasteiger partial charge in [-0.05, 0) is 25.2 Å². The summed E-state index contributed by atoms with van der Waals surface area (Å²) >= 11 is 0. The van der Waals surface area contributed by atoms with E-state index in [0.29, 0.717) is 12.3 Å². The average Bonchev–Trinajstić information content (AvgIpc) is 2.48. The lowest BCUT2D eigenvalue weighted by atomic mass is 9.93. The first kappa shape index (κ1) is 16.8. The minimum Gasteiger partial charge on any atom is -0.359 e. The number of hydrogen-bond acceptors (Lipinski definition) is 2. The number of carbonyl (C=O) groups is 1. The van der Waals surface area contributed by atoms with Gasteiger partial charge < -0.3 is 15.5 Å². The van der Waals surface area contributed by atoms with Gasteiger partial charge in [0.25, 0.3) is 0 Å². The number of rotatable bonds is 6. The van der Waals surface area contributed by atoms with E-state index in [9.17, 15) is 4.79 Å². The molecule has 1 aliphatic rings. The Labute approximate surface area is 123 Å². The first-order valence-electron chi connectivity index (χ1n) is 7.87. The lowest BCUT2D eigenvalue weighted by Gasteiger charge is -2.34. The molecule has 1 saturated heterocycles. The van der Waals surface area contributed by atoms with Crippen LogP contribution in [-0.4, -0.2) is 50.5 Å². The lowest BCUT2D eigenvalue weighted by molar-refractivity contribution is -0.121. The molecule has 116 valence electrons. The van der Waals surface area contributed by atoms with Crippen molar-refractivity contribution in [3.8, 4) is 0 Å². The molecular weight excluding hydrogens is 252 g/mol. The van der Waals surface area contributed by atoms with Crippen molar-refractivity contribution in [1.82, 2.24) is 15.5 Å². The fraction of sp³-hybridized carbons (Fsp3) is 0.867. The Balaban J connectivity index is 2.29. The molecule has 5 heteroatoms. The van der Waals surface area contributed by atoms with E-state index in [1.54, 1.807) is 7.05 Å². The van der Waals surface area contributed by atoms with Crippen LogP contribution in [0.5, 0.6) is 0 Å². The van der Waals surface area contributed by atoms with Crippen LogP contribution in [0.3, 0.4) is 0 Å². The molecule has 1 rings (SSSR count). The van der Waals surface area contributed by atoms with Crippen molar-refractivity contribution in [3.63, 3.8) is 0 Å². The number of nitrogens with one attached hydrogen (secondary N) is 2. The molecule has 0 atom stereocenters. The smallest absolute Gasteiger partial charge is 0.220 e. The monoisotopic (exact) mass is 282 g/mol. The predicted octanol–water partition coefficient (Wildman–Crippen LogP) is 1.60. The van der Waals surface area contributed by atoms with Gasteiger partial charge in [-0.3, -0.25) is 9.79 Å². The zero-order valence-electron chi connectivity index (χ0n) is 13.2. The highest BCUT2D eigenvalue weighted by molar-refractivity contribution is 5.80. The first-order valence-corrected chi connectivity index (χ1v) is 7.87. The van der Waals surface area contributed by atoms with Crippen LogP contribution in [0.25, 0.3) is 0 Å². The highest BCUT2D eigenvalue weighted by Crippen LogP contribution is 2.20. The van der Waals surface area contributed by atoms with Crippen LogP contribution < -0.4 is 10.6 Å². The third-order valence-electron chi connectivity index (χ3n) is 3.94. The van der Waals surface area contributed by atoms with Gasteiger partial charge in [-0.2, -0.15) is 0 Å². The molecule has 0 radical (unpaired) electrons. The fourth-order valence-electron chi connectivity index (χ4n) is 2.62. The molecule has 20 heavy (non-hydrogen) atoms. The molecule has 0 saturated carbocycles. The highest BCUT2D eigenvalue weighted by atomic mass is 16.1. The number of likely N-dealkylation sites (tertiary alicyclic amines) is 1. The van der Waals surface area contributed by atoms with E-state index >= 15 is 0 Å². The van der Waals surface area contributed by atoms with Gasteiger partial charge in [0.15, 0.2) is 5.96 Å². The summed E-state index contributed by atoms with van der Waals surface area (Å²) in [4.78, 5) is 18.1. The van der Waals surface area contributed by atoms with E-state index in [1.165, 1.54) is 19.3 Å². The van der Waals surface area contributed by atoms with Gasteiger partial charge in [-0.25, -0.2) is 0 Å². The van der Waals surface area contributed by atoms with Crippen LogP contribution in [-0.2, 0) is 4.79 Å². The number of amides is 1. The van der Waals surface area contributed by atoms with Crippen molar-refractivity contribution >= 4 is 11.9 Å². The standard InChI is InChI=1S/C15H30N4O/c1-4-5-6-9-18-15(17-3)19-10-7-13(8-11-19)12-14(20)16-2/h13H,4-12H2,1-3H3,(H,16,20)(H,17,18). The summed E-state index contributed by atoms with van der Waals surface area (Å²) in [6.07, 6.45) is 6.51. The molecule has 0 unspecified atom stereocenters. The van der Waals surface area contributed by atoms with E-state index in [0.717, 1.165) is 38.4 Å². The molecule has 0 aromatic carbocycles. The van der Waals surface area contributed by atoms with Crippen molar-refractivity contribution in [2.45, 2.75) is 45.4 Å². The SMILES string of the molecule is CCCCCNC(=NC)N1CCC(CC(=O)NC)CC1. The number of guanidine groups is 1. The Morgan fingerprint density at radius 3 is 2.55 bits per heavy atom. The number of carbonyl (C=O) groups excluding carboxylic acids is 1. The molecule has 5 nitrogen and oxygen atoms in total. The van der Waals surface area contributed by atoms with Crippen molar-refractivity contribution in [2.75, 3.05) is 33.7 Å². The molecule has 1 fully saturated rings. The fourth-order valence-corrected chi connectivity index (χ4v) is 2.62. The van der Waals surface area contributed by atoms with E-state index in [4.69, 9.17) is 0 Å². The van der Waals surface area contributed by atoms with Crippen molar-refractivity contribution in [2.24, 2.45) is 10.9 Å². The number of aliphatic imine (C=N–C) groups is 1. The van der Waals surface area contributed by atoms with Crippen LogP contribution in [0.4, 0.5) is 0 Å². The summed E-state index contributed by atoms with van der Waals surface area (Å²) in [5, 5.41) is 6.15. The second-order valence-electron chi connectivity index (χ2n) is 5.49. The van der Waals surface area contributed by atoms with Gasteiger partial charge in [0, 0.05) is 40.2 Å². The van der Waals surface area contributed by atoms with E-state index in [2.05, 4.69) is 27.4 Å². The summed E-state index contributed by atoms with van der Waals surface area (Å²) < 4.78 is 0. The third-order valence-corrected chi connectivity index (χ3v) is 3.94. The molecular formula is C15H30N4O. The summed E-state index contributed by atoms with van der Waals surface area (Å²) in [6, 6.07) is 0. The number of unbranched alkanes of at least 4 members (excludes halogenated alkanes) is 2. The first-order chi connectivity index (χ1) is 9.71. The minimum atomic E-state index is 0.158. The second kappa shape index (κ2) is 9.61. The number of nitrogens with zero attached hydrogens (tertiary/aromatic N) is 2. The quantitative estimate of drug-likeness (QED) is 0.442. The van der Waals surface area contributed by atoms with E-state index < -0.39 is 0 Å². The van der Waals surface area contributed by atoms with Gasteiger partial charge in [-0.1, -0.05) is 19.8 Å². The summed E-state index contributed by atoms with van der Waals surface area (Å²) in [6.45, 7) is 5.20. The van der Waals surface area contributed by atoms with Crippen molar-refractivity contribution in [1.29, 1.82) is 0 Å². The maximum Gasteiger partial charge on any atom is 0.220 e. The summed E-state index contributed by atoms with van der Waals surface area (Å²) in [5.74, 6) is 1.69. The summed E-state index contributed by atoms with van der Waals surface area (Å²) in [7, 11) is 3.55. The molecule has 0 aliphatic carbocycles. The zero-order valence-corrected chi connectivity index (χ0v) is 13.2. The Morgan fingerprint density at radius 1 is 1.30 bits per heavy atom. The molecule has 0 aromatic rings. The maximum absolute atomic E-state index is 11.4. The van der Waals surface area contributed by atoms with Crippen LogP contribution in [0.1, 0.15) is 45.4 Å². The second-order valence-corrected chi connectivity index (χ2v) is 5.49. The predicted molar refractivity (Wildman–Crippen MR) is 83.9 cm³/mol. The molecule has 0 bridgehead atoms. The van der Waals surface area contributed by atoms with Crippen LogP contribution in [0.2, 0.25) is 0 Å². The lowest BCUT2D eigenvalue weighted by Crippen LogP contribution is -2.46. The molecule has 0 aromatic heterocycles. The Kier molecular flexibility index (Phi) is 8.07. The third kappa shape index (κ3) is 5.80. The zero-order chi connectivity index (χ0) is 14.8. The Bertz CT molecular complexity index is 309. The van der Waals surface area contributed by atoms with Gasteiger partial charge in [0.1, 0.15) is 0 Å². The van der Waals surface area contributed by atoms with Crippen molar-refractivity contribution in [3.05, 3.63) is 0 Å². The molecule has 0 spiro atoms. The number of hydrogen-bond donors (Lipinski definition) is 2. The maximum atomic E-state index is 11.4. The average molecular weight is 282 g/mol. The highest BCUT2D eigenvalue weighted by Gasteiger charge is 2.22. The molecule has 1 amide bonds. The van der Waals surface area contributed by atoms with Crippen LogP contribution in [0.15, 0.2) is 4.99 Å². The van der Waals surface area contributed by atoms with Gasteiger partial charge in [0.2, 0.25) is 5.91 Å². The van der Waals surface area contributed by atoms with Gasteiger partial charge >= 0.3 is 0 Å². The van der Waals surface area contributed by atoms with Crippen LogP contribution >= 0.6 is 0 Å². The molecule has 2 N–H and O–H groups in total.